The number of benzene rings is 3. The number of sulfone groups is 1. The lowest BCUT2D eigenvalue weighted by Gasteiger charge is -2.07. The van der Waals surface area contributed by atoms with Gasteiger partial charge in [0.1, 0.15) is 6.54 Å². The van der Waals surface area contributed by atoms with Gasteiger partial charge in [0.2, 0.25) is 5.91 Å². The molecule has 31 heavy (non-hydrogen) atoms. The Hall–Kier alpha value is -2.90. The zero-order chi connectivity index (χ0) is 22.0. The van der Waals surface area contributed by atoms with Gasteiger partial charge >= 0.3 is 0 Å². The van der Waals surface area contributed by atoms with Crippen LogP contribution < -0.4 is 5.32 Å². The van der Waals surface area contributed by atoms with Crippen LogP contribution in [0.3, 0.4) is 0 Å². The van der Waals surface area contributed by atoms with Gasteiger partial charge in [-0.05, 0) is 48.4 Å². The Morgan fingerprint density at radius 1 is 0.968 bits per heavy atom. The maximum absolute atomic E-state index is 13.3. The molecular formula is C24H21BrN2O3S. The zero-order valence-electron chi connectivity index (χ0n) is 16.9. The van der Waals surface area contributed by atoms with Gasteiger partial charge in [0.05, 0.1) is 10.6 Å². The van der Waals surface area contributed by atoms with Gasteiger partial charge in [-0.2, -0.15) is 0 Å². The number of carbonyl (C=O) groups excluding carboxylic acids is 1. The van der Waals surface area contributed by atoms with Crippen LogP contribution in [0.15, 0.2) is 88.4 Å². The van der Waals surface area contributed by atoms with E-state index in [1.807, 2.05) is 55.5 Å². The van der Waals surface area contributed by atoms with E-state index >= 15 is 0 Å². The van der Waals surface area contributed by atoms with Crippen LogP contribution in [0.1, 0.15) is 11.1 Å². The number of para-hydroxylation sites is 1. The minimum Gasteiger partial charge on any atom is -0.337 e. The lowest BCUT2D eigenvalue weighted by Crippen LogP contribution is -2.18. The summed E-state index contributed by atoms with van der Waals surface area (Å²) in [7, 11) is -3.60. The lowest BCUT2D eigenvalue weighted by atomic mass is 10.1. The maximum atomic E-state index is 13.3. The highest BCUT2D eigenvalue weighted by molar-refractivity contribution is 9.10. The Morgan fingerprint density at radius 3 is 2.39 bits per heavy atom. The normalized spacial score (nSPS) is 11.5. The van der Waals surface area contributed by atoms with Crippen molar-refractivity contribution in [1.82, 2.24) is 4.57 Å². The highest BCUT2D eigenvalue weighted by atomic mass is 79.9. The van der Waals surface area contributed by atoms with E-state index < -0.39 is 9.84 Å². The molecule has 0 spiro atoms. The summed E-state index contributed by atoms with van der Waals surface area (Å²) in [6, 6.07) is 22.0. The van der Waals surface area contributed by atoms with Crippen LogP contribution in [0.5, 0.6) is 0 Å². The number of hydrogen-bond acceptors (Lipinski definition) is 3. The average molecular weight is 497 g/mol. The first kappa shape index (κ1) is 21.3. The molecule has 0 bridgehead atoms. The van der Waals surface area contributed by atoms with E-state index in [4.69, 9.17) is 0 Å². The summed E-state index contributed by atoms with van der Waals surface area (Å²) in [6.07, 6.45) is 1.57. The van der Waals surface area contributed by atoms with E-state index in [2.05, 4.69) is 21.2 Å². The number of nitrogens with zero attached hydrogens (tertiary/aromatic N) is 1. The van der Waals surface area contributed by atoms with Crippen LogP contribution in [0.2, 0.25) is 0 Å². The van der Waals surface area contributed by atoms with Gasteiger partial charge in [0.25, 0.3) is 0 Å². The molecule has 1 aromatic heterocycles. The Balaban J connectivity index is 1.65. The first-order valence-electron chi connectivity index (χ1n) is 9.74. The SMILES string of the molecule is Cc1ccccc1CS(=O)(=O)c1cn(CC(=O)Nc2ccc(Br)cc2)c2ccccc12. The number of nitrogens with one attached hydrogen (secondary N) is 1. The van der Waals surface area contributed by atoms with Gasteiger partial charge in [-0.1, -0.05) is 58.4 Å². The lowest BCUT2D eigenvalue weighted by molar-refractivity contribution is -0.116. The van der Waals surface area contributed by atoms with Crippen molar-refractivity contribution in [3.63, 3.8) is 0 Å². The van der Waals surface area contributed by atoms with Crippen LogP contribution in [-0.2, 0) is 26.9 Å². The predicted octanol–water partition coefficient (Wildman–Crippen LogP) is 5.32. The molecule has 3 aromatic carbocycles. The van der Waals surface area contributed by atoms with Crippen molar-refractivity contribution in [1.29, 1.82) is 0 Å². The highest BCUT2D eigenvalue weighted by Gasteiger charge is 2.23. The van der Waals surface area contributed by atoms with E-state index in [-0.39, 0.29) is 23.1 Å². The number of fused-ring (bicyclic) bond motifs is 1. The highest BCUT2D eigenvalue weighted by Crippen LogP contribution is 2.28. The molecular weight excluding hydrogens is 476 g/mol. The third-order valence-electron chi connectivity index (χ3n) is 5.14. The van der Waals surface area contributed by atoms with E-state index in [1.54, 1.807) is 35.0 Å². The van der Waals surface area contributed by atoms with Gasteiger partial charge in [-0.15, -0.1) is 0 Å². The fraction of sp³-hybridized carbons (Fsp3) is 0.125. The smallest absolute Gasteiger partial charge is 0.244 e. The molecule has 0 atom stereocenters. The van der Waals surface area contributed by atoms with Crippen LogP contribution >= 0.6 is 15.9 Å². The predicted molar refractivity (Wildman–Crippen MR) is 127 cm³/mol. The van der Waals surface area contributed by atoms with Crippen molar-refractivity contribution in [2.24, 2.45) is 0 Å². The Labute approximate surface area is 189 Å². The molecule has 0 saturated carbocycles. The molecule has 4 rings (SSSR count). The summed E-state index contributed by atoms with van der Waals surface area (Å²) >= 11 is 3.37. The van der Waals surface area contributed by atoms with E-state index in [0.717, 1.165) is 15.6 Å². The standard InChI is InChI=1S/C24H21BrN2O3S/c1-17-6-2-3-7-18(17)16-31(29,30)23-14-27(22-9-5-4-8-21(22)23)15-24(28)26-20-12-10-19(25)11-13-20/h2-14H,15-16H2,1H3,(H,26,28). The molecule has 1 heterocycles. The van der Waals surface area contributed by atoms with Crippen LogP contribution in [0.25, 0.3) is 10.9 Å². The second-order valence-corrected chi connectivity index (χ2v) is 10.3. The first-order valence-corrected chi connectivity index (χ1v) is 12.2. The van der Waals surface area contributed by atoms with Crippen molar-refractivity contribution in [2.45, 2.75) is 24.1 Å². The summed E-state index contributed by atoms with van der Waals surface area (Å²) in [4.78, 5) is 12.9. The molecule has 0 aliphatic heterocycles. The number of amides is 1. The molecule has 0 aliphatic rings. The fourth-order valence-corrected chi connectivity index (χ4v) is 5.48. The number of rotatable bonds is 6. The zero-order valence-corrected chi connectivity index (χ0v) is 19.3. The summed E-state index contributed by atoms with van der Waals surface area (Å²) in [5.41, 5.74) is 3.09. The third-order valence-corrected chi connectivity index (χ3v) is 7.35. The second-order valence-electron chi connectivity index (χ2n) is 7.38. The van der Waals surface area contributed by atoms with Crippen molar-refractivity contribution < 1.29 is 13.2 Å². The number of hydrogen-bond donors (Lipinski definition) is 1. The summed E-state index contributed by atoms with van der Waals surface area (Å²) in [5, 5.41) is 3.47. The van der Waals surface area contributed by atoms with Crippen molar-refractivity contribution in [3.05, 3.63) is 94.6 Å². The van der Waals surface area contributed by atoms with Gasteiger partial charge in [0, 0.05) is 27.3 Å². The molecule has 0 fully saturated rings. The Kier molecular flexibility index (Phi) is 5.98. The van der Waals surface area contributed by atoms with Gasteiger partial charge in [-0.3, -0.25) is 4.79 Å². The molecule has 1 N–H and O–H groups in total. The van der Waals surface area contributed by atoms with Crippen LogP contribution in [-0.4, -0.2) is 18.9 Å². The number of anilines is 1. The summed E-state index contributed by atoms with van der Waals surface area (Å²) in [5.74, 6) is -0.315. The second kappa shape index (κ2) is 8.69. The molecule has 0 aliphatic carbocycles. The molecule has 5 nitrogen and oxygen atoms in total. The largest absolute Gasteiger partial charge is 0.337 e. The monoisotopic (exact) mass is 496 g/mol. The number of halogens is 1. The molecule has 0 saturated heterocycles. The molecule has 158 valence electrons. The van der Waals surface area contributed by atoms with Gasteiger partial charge < -0.3 is 9.88 Å². The molecule has 0 radical (unpaired) electrons. The summed E-state index contributed by atoms with van der Waals surface area (Å²) < 4.78 is 29.2. The van der Waals surface area contributed by atoms with Crippen molar-refractivity contribution in [3.8, 4) is 0 Å². The van der Waals surface area contributed by atoms with Crippen LogP contribution in [0, 0.1) is 6.92 Å². The van der Waals surface area contributed by atoms with Crippen LogP contribution in [0.4, 0.5) is 5.69 Å². The topological polar surface area (TPSA) is 68.2 Å². The number of aryl methyl sites for hydroxylation is 1. The summed E-state index contributed by atoms with van der Waals surface area (Å²) in [6.45, 7) is 1.91. The van der Waals surface area contributed by atoms with Crippen molar-refractivity contribution in [2.75, 3.05) is 5.32 Å². The minimum atomic E-state index is -3.60. The Morgan fingerprint density at radius 2 is 1.65 bits per heavy atom. The van der Waals surface area contributed by atoms with Gasteiger partial charge in [-0.25, -0.2) is 8.42 Å². The van der Waals surface area contributed by atoms with Gasteiger partial charge in [0.15, 0.2) is 9.84 Å². The fourth-order valence-electron chi connectivity index (χ4n) is 3.53. The van der Waals surface area contributed by atoms with E-state index in [0.29, 0.717) is 16.6 Å². The Bertz CT molecular complexity index is 1360. The molecule has 0 unspecified atom stereocenters. The molecule has 1 amide bonds. The first-order chi connectivity index (χ1) is 14.8. The number of aromatic nitrogens is 1. The van der Waals surface area contributed by atoms with Crippen molar-refractivity contribution >= 4 is 48.3 Å². The minimum absolute atomic E-state index is 0.0104. The molecule has 4 aromatic rings. The average Bonchev–Trinajstić information content (AvgIpc) is 3.11. The third kappa shape index (κ3) is 4.73. The maximum Gasteiger partial charge on any atom is 0.244 e. The number of carbonyl (C=O) groups is 1. The van der Waals surface area contributed by atoms with E-state index in [9.17, 15) is 13.2 Å². The van der Waals surface area contributed by atoms with E-state index in [1.165, 1.54) is 0 Å². The quantitative estimate of drug-likeness (QED) is 0.392. The molecule has 7 heteroatoms.